The summed E-state index contributed by atoms with van der Waals surface area (Å²) in [6, 6.07) is 21.3. The number of nitrogens with one attached hydrogen (secondary N) is 1. The molecule has 8 heteroatoms. The van der Waals surface area contributed by atoms with Crippen molar-refractivity contribution in [2.45, 2.75) is 19.0 Å². The Morgan fingerprint density at radius 2 is 1.39 bits per heavy atom. The van der Waals surface area contributed by atoms with Crippen molar-refractivity contribution in [2.24, 2.45) is 0 Å². The molecule has 0 spiro atoms. The predicted octanol–water partition coefficient (Wildman–Crippen LogP) is 3.48. The fraction of sp³-hybridized carbons (Fsp3) is 0.286. The van der Waals surface area contributed by atoms with Crippen LogP contribution in [0.2, 0.25) is 0 Å². The van der Waals surface area contributed by atoms with Crippen LogP contribution in [0.1, 0.15) is 11.1 Å². The lowest BCUT2D eigenvalue weighted by molar-refractivity contribution is -0.142. The SMILES string of the molecule is CNC(=O)[C@@H](Cc1ccccc1)N(Cc1cccc(OC)c1)C(=O)COc1cc(OC)cc(OC)c1. The predicted molar refractivity (Wildman–Crippen MR) is 137 cm³/mol. The zero-order valence-corrected chi connectivity index (χ0v) is 21.0. The molecule has 1 atom stereocenters. The van der Waals surface area contributed by atoms with E-state index in [1.165, 1.54) is 19.1 Å². The lowest BCUT2D eigenvalue weighted by atomic mass is 10.0. The molecule has 0 aliphatic heterocycles. The number of benzene rings is 3. The van der Waals surface area contributed by atoms with Crippen molar-refractivity contribution in [1.82, 2.24) is 10.2 Å². The number of amides is 2. The molecule has 0 bridgehead atoms. The van der Waals surface area contributed by atoms with E-state index in [1.54, 1.807) is 32.4 Å². The number of ether oxygens (including phenoxy) is 4. The number of carbonyl (C=O) groups is 2. The molecule has 2 amide bonds. The maximum atomic E-state index is 13.6. The smallest absolute Gasteiger partial charge is 0.261 e. The quantitative estimate of drug-likeness (QED) is 0.417. The van der Waals surface area contributed by atoms with E-state index in [0.717, 1.165) is 11.1 Å². The van der Waals surface area contributed by atoms with Gasteiger partial charge in [0.05, 0.1) is 21.3 Å². The largest absolute Gasteiger partial charge is 0.497 e. The number of carbonyl (C=O) groups excluding carboxylic acids is 2. The molecular formula is C28H32N2O6. The zero-order chi connectivity index (χ0) is 25.9. The van der Waals surface area contributed by atoms with Gasteiger partial charge in [-0.05, 0) is 23.3 Å². The Bertz CT molecular complexity index is 1130. The summed E-state index contributed by atoms with van der Waals surface area (Å²) in [6.45, 7) is -0.0751. The minimum Gasteiger partial charge on any atom is -0.497 e. The molecule has 3 aromatic carbocycles. The van der Waals surface area contributed by atoms with Crippen molar-refractivity contribution in [3.05, 3.63) is 83.9 Å². The second kappa shape index (κ2) is 13.0. The molecule has 0 aromatic heterocycles. The van der Waals surface area contributed by atoms with Gasteiger partial charge in [-0.2, -0.15) is 0 Å². The van der Waals surface area contributed by atoms with E-state index in [9.17, 15) is 9.59 Å². The molecule has 190 valence electrons. The number of hydrogen-bond acceptors (Lipinski definition) is 6. The first-order valence-corrected chi connectivity index (χ1v) is 11.5. The molecule has 0 saturated carbocycles. The van der Waals surface area contributed by atoms with E-state index >= 15 is 0 Å². The molecule has 1 N–H and O–H groups in total. The van der Waals surface area contributed by atoms with Crippen LogP contribution < -0.4 is 24.3 Å². The van der Waals surface area contributed by atoms with Crippen molar-refractivity contribution < 1.29 is 28.5 Å². The van der Waals surface area contributed by atoms with Crippen LogP contribution in [0.15, 0.2) is 72.8 Å². The van der Waals surface area contributed by atoms with Gasteiger partial charge in [0.25, 0.3) is 5.91 Å². The molecule has 8 nitrogen and oxygen atoms in total. The van der Waals surface area contributed by atoms with Crippen molar-refractivity contribution >= 4 is 11.8 Å². The van der Waals surface area contributed by atoms with Crippen LogP contribution in [-0.2, 0) is 22.6 Å². The van der Waals surface area contributed by atoms with Crippen LogP contribution in [0.5, 0.6) is 23.0 Å². The van der Waals surface area contributed by atoms with Gasteiger partial charge >= 0.3 is 0 Å². The maximum absolute atomic E-state index is 13.6. The Labute approximate surface area is 211 Å². The zero-order valence-electron chi connectivity index (χ0n) is 21.0. The van der Waals surface area contributed by atoms with E-state index in [2.05, 4.69) is 5.32 Å². The molecule has 0 aliphatic rings. The van der Waals surface area contributed by atoms with Gasteiger partial charge in [-0.25, -0.2) is 0 Å². The fourth-order valence-electron chi connectivity index (χ4n) is 3.78. The molecule has 0 radical (unpaired) electrons. The summed E-state index contributed by atoms with van der Waals surface area (Å²) >= 11 is 0. The highest BCUT2D eigenvalue weighted by Gasteiger charge is 2.30. The Morgan fingerprint density at radius 1 is 0.778 bits per heavy atom. The normalized spacial score (nSPS) is 11.2. The minimum atomic E-state index is -0.750. The van der Waals surface area contributed by atoms with Gasteiger partial charge in [0.2, 0.25) is 5.91 Å². The van der Waals surface area contributed by atoms with Gasteiger partial charge in [0.15, 0.2) is 6.61 Å². The Hall–Kier alpha value is -4.20. The summed E-state index contributed by atoms with van der Waals surface area (Å²) in [4.78, 5) is 28.1. The average Bonchev–Trinajstić information content (AvgIpc) is 2.93. The molecule has 0 fully saturated rings. The molecule has 0 unspecified atom stereocenters. The molecule has 0 saturated heterocycles. The highest BCUT2D eigenvalue weighted by Crippen LogP contribution is 2.27. The number of hydrogen-bond donors (Lipinski definition) is 1. The summed E-state index contributed by atoms with van der Waals surface area (Å²) in [5.41, 5.74) is 1.76. The number of methoxy groups -OCH3 is 3. The Morgan fingerprint density at radius 3 is 2.00 bits per heavy atom. The van der Waals surface area contributed by atoms with E-state index in [0.29, 0.717) is 29.4 Å². The van der Waals surface area contributed by atoms with Crippen molar-refractivity contribution in [3.8, 4) is 23.0 Å². The topological polar surface area (TPSA) is 86.3 Å². The lowest BCUT2D eigenvalue weighted by Crippen LogP contribution is -2.51. The maximum Gasteiger partial charge on any atom is 0.261 e. The number of nitrogens with zero attached hydrogens (tertiary/aromatic N) is 1. The van der Waals surface area contributed by atoms with Crippen molar-refractivity contribution in [3.63, 3.8) is 0 Å². The van der Waals surface area contributed by atoms with Crippen molar-refractivity contribution in [1.29, 1.82) is 0 Å². The lowest BCUT2D eigenvalue weighted by Gasteiger charge is -2.31. The summed E-state index contributed by atoms with van der Waals surface area (Å²) < 4.78 is 21.7. The van der Waals surface area contributed by atoms with E-state index < -0.39 is 6.04 Å². The van der Waals surface area contributed by atoms with Gasteiger partial charge in [-0.3, -0.25) is 9.59 Å². The summed E-state index contributed by atoms with van der Waals surface area (Å²) in [7, 11) is 6.22. The third-order valence-corrected chi connectivity index (χ3v) is 5.69. The number of rotatable bonds is 12. The molecule has 0 heterocycles. The fourth-order valence-corrected chi connectivity index (χ4v) is 3.78. The highest BCUT2D eigenvalue weighted by molar-refractivity contribution is 5.88. The van der Waals surface area contributed by atoms with Crippen molar-refractivity contribution in [2.75, 3.05) is 35.0 Å². The van der Waals surface area contributed by atoms with Crippen LogP contribution in [0, 0.1) is 0 Å². The van der Waals surface area contributed by atoms with E-state index in [-0.39, 0.29) is 25.0 Å². The number of likely N-dealkylation sites (N-methyl/N-ethyl adjacent to an activating group) is 1. The van der Waals surface area contributed by atoms with Gasteiger partial charge in [0.1, 0.15) is 29.0 Å². The minimum absolute atomic E-state index is 0.200. The van der Waals surface area contributed by atoms with Crippen LogP contribution in [0.3, 0.4) is 0 Å². The Kier molecular flexibility index (Phi) is 9.56. The van der Waals surface area contributed by atoms with Gasteiger partial charge < -0.3 is 29.2 Å². The monoisotopic (exact) mass is 492 g/mol. The first kappa shape index (κ1) is 26.4. The van der Waals surface area contributed by atoms with Gasteiger partial charge in [-0.15, -0.1) is 0 Å². The molecule has 3 rings (SSSR count). The molecule has 0 aliphatic carbocycles. The first-order chi connectivity index (χ1) is 17.5. The second-order valence-corrected chi connectivity index (χ2v) is 8.03. The van der Waals surface area contributed by atoms with Crippen LogP contribution in [-0.4, -0.2) is 57.7 Å². The summed E-state index contributed by atoms with van der Waals surface area (Å²) in [6.07, 6.45) is 0.350. The van der Waals surface area contributed by atoms with Crippen LogP contribution in [0.4, 0.5) is 0 Å². The summed E-state index contributed by atoms with van der Waals surface area (Å²) in [5.74, 6) is 1.55. The highest BCUT2D eigenvalue weighted by atomic mass is 16.5. The van der Waals surface area contributed by atoms with Gasteiger partial charge in [-0.1, -0.05) is 42.5 Å². The average molecular weight is 493 g/mol. The van der Waals surface area contributed by atoms with Crippen LogP contribution >= 0.6 is 0 Å². The molecular weight excluding hydrogens is 460 g/mol. The Balaban J connectivity index is 1.90. The second-order valence-electron chi connectivity index (χ2n) is 8.03. The van der Waals surface area contributed by atoms with Crippen LogP contribution in [0.25, 0.3) is 0 Å². The molecule has 3 aromatic rings. The molecule has 36 heavy (non-hydrogen) atoms. The third-order valence-electron chi connectivity index (χ3n) is 5.69. The first-order valence-electron chi connectivity index (χ1n) is 11.5. The standard InChI is InChI=1S/C28H32N2O6/c1-29-28(32)26(14-20-9-6-5-7-10-20)30(18-21-11-8-12-22(13-21)33-2)27(31)19-36-25-16-23(34-3)15-24(17-25)35-4/h5-13,15-17,26H,14,18-19H2,1-4H3,(H,29,32)/t26-/m1/s1. The van der Waals surface area contributed by atoms with E-state index in [4.69, 9.17) is 18.9 Å². The summed E-state index contributed by atoms with van der Waals surface area (Å²) in [5, 5.41) is 2.70. The third kappa shape index (κ3) is 7.15. The van der Waals surface area contributed by atoms with Gasteiger partial charge in [0, 0.05) is 38.2 Å². The van der Waals surface area contributed by atoms with E-state index in [1.807, 2.05) is 54.6 Å².